The number of carbonyl (C=O) groups is 1. The predicted octanol–water partition coefficient (Wildman–Crippen LogP) is 5.04. The van der Waals surface area contributed by atoms with Crippen LogP contribution in [0.4, 0.5) is 10.2 Å². The molecule has 31 heavy (non-hydrogen) atoms. The first kappa shape index (κ1) is 20.0. The molecule has 1 saturated heterocycles. The Hall–Kier alpha value is -2.96. The molecule has 1 saturated carbocycles. The highest BCUT2D eigenvalue weighted by atomic mass is 19.1. The number of halogens is 1. The fourth-order valence-electron chi connectivity index (χ4n) is 4.52. The molecule has 2 aliphatic rings. The van der Waals surface area contributed by atoms with Gasteiger partial charge in [-0.1, -0.05) is 12.1 Å². The van der Waals surface area contributed by atoms with Gasteiger partial charge in [0.1, 0.15) is 23.7 Å². The van der Waals surface area contributed by atoms with Crippen molar-refractivity contribution in [3.05, 3.63) is 53.3 Å². The molecule has 1 amide bonds. The van der Waals surface area contributed by atoms with Crippen LogP contribution in [-0.4, -0.2) is 39.4 Å². The number of furan rings is 1. The molecule has 3 heterocycles. The highest BCUT2D eigenvalue weighted by molar-refractivity contribution is 6.10. The molecule has 2 aromatic heterocycles. The van der Waals surface area contributed by atoms with Crippen molar-refractivity contribution >= 4 is 22.8 Å². The van der Waals surface area contributed by atoms with Crippen LogP contribution in [0.25, 0.3) is 11.1 Å². The average molecular weight is 423 g/mol. The van der Waals surface area contributed by atoms with Gasteiger partial charge >= 0.3 is 0 Å². The zero-order chi connectivity index (χ0) is 21.6. The third kappa shape index (κ3) is 3.89. The lowest BCUT2D eigenvalue weighted by molar-refractivity contribution is 0.0761. The first-order valence-corrected chi connectivity index (χ1v) is 11.0. The number of aryl methyl sites for hydroxylation is 1. The maximum atomic E-state index is 13.6. The number of fused-ring (bicyclic) bond motifs is 1. The molecule has 1 atom stereocenters. The van der Waals surface area contributed by atoms with Gasteiger partial charge in [-0.15, -0.1) is 0 Å². The van der Waals surface area contributed by atoms with Crippen LogP contribution in [0.1, 0.15) is 66.6 Å². The molecule has 7 heteroatoms. The third-order valence-corrected chi connectivity index (χ3v) is 6.66. The van der Waals surface area contributed by atoms with Gasteiger partial charge in [-0.3, -0.25) is 4.79 Å². The van der Waals surface area contributed by atoms with E-state index in [-0.39, 0.29) is 17.3 Å². The number of hydrogen-bond acceptors (Lipinski definition) is 5. The van der Waals surface area contributed by atoms with Crippen LogP contribution in [0.5, 0.6) is 0 Å². The lowest BCUT2D eigenvalue weighted by atomic mass is 9.92. The second kappa shape index (κ2) is 7.62. The van der Waals surface area contributed by atoms with Gasteiger partial charge in [-0.25, -0.2) is 14.4 Å². The Morgan fingerprint density at radius 3 is 2.71 bits per heavy atom. The van der Waals surface area contributed by atoms with Crippen LogP contribution >= 0.6 is 0 Å². The Kier molecular flexibility index (Phi) is 4.91. The van der Waals surface area contributed by atoms with Crippen molar-refractivity contribution in [2.75, 3.05) is 18.4 Å². The summed E-state index contributed by atoms with van der Waals surface area (Å²) in [6, 6.07) is 6.75. The Morgan fingerprint density at radius 1 is 1.19 bits per heavy atom. The van der Waals surface area contributed by atoms with Gasteiger partial charge in [0.05, 0.1) is 10.9 Å². The quantitative estimate of drug-likeness (QED) is 0.637. The van der Waals surface area contributed by atoms with Gasteiger partial charge in [0.15, 0.2) is 0 Å². The van der Waals surface area contributed by atoms with Gasteiger partial charge < -0.3 is 14.6 Å². The Balaban J connectivity index is 1.41. The summed E-state index contributed by atoms with van der Waals surface area (Å²) >= 11 is 0. The number of anilines is 1. The molecular formula is C24H27FN4O2. The second-order valence-electron chi connectivity index (χ2n) is 9.09. The zero-order valence-electron chi connectivity index (χ0n) is 17.9. The largest absolute Gasteiger partial charge is 0.442 e. The minimum Gasteiger partial charge on any atom is -0.442 e. The first-order valence-electron chi connectivity index (χ1n) is 11.0. The summed E-state index contributed by atoms with van der Waals surface area (Å²) in [6.07, 6.45) is 6.38. The minimum absolute atomic E-state index is 0.0256. The summed E-state index contributed by atoms with van der Waals surface area (Å²) in [7, 11) is 0. The molecule has 1 N–H and O–H groups in total. The monoisotopic (exact) mass is 422 g/mol. The van der Waals surface area contributed by atoms with E-state index >= 15 is 0 Å². The molecule has 5 rings (SSSR count). The minimum atomic E-state index is -0.219. The maximum Gasteiger partial charge on any atom is 0.258 e. The number of aromatic nitrogens is 2. The summed E-state index contributed by atoms with van der Waals surface area (Å²) in [5.41, 5.74) is 2.17. The van der Waals surface area contributed by atoms with Crippen LogP contribution in [0, 0.1) is 12.7 Å². The van der Waals surface area contributed by atoms with E-state index in [0.29, 0.717) is 47.2 Å². The molecule has 2 fully saturated rings. The molecule has 162 valence electrons. The van der Waals surface area contributed by atoms with Crippen LogP contribution in [0.3, 0.4) is 0 Å². The SMILES string of the molecule is Cc1oc2ncnc(NC3(C)CC3)c2c1C(=O)N1CCCC(c2ccc(F)cc2)CC1. The zero-order valence-corrected chi connectivity index (χ0v) is 17.9. The van der Waals surface area contributed by atoms with Crippen LogP contribution in [-0.2, 0) is 0 Å². The maximum absolute atomic E-state index is 13.6. The van der Waals surface area contributed by atoms with Crippen LogP contribution in [0.2, 0.25) is 0 Å². The summed E-state index contributed by atoms with van der Waals surface area (Å²) in [6.45, 7) is 5.31. The molecule has 1 unspecified atom stereocenters. The standard InChI is InChI=1S/C24H27FN4O2/c1-15-19(20-21(28-24(2)10-11-24)26-14-27-22(20)31-15)23(30)29-12-3-4-16(9-13-29)17-5-7-18(25)8-6-17/h5-8,14,16H,3-4,9-13H2,1-2H3,(H,26,27,28). The number of hydrogen-bond donors (Lipinski definition) is 1. The molecule has 3 aromatic rings. The van der Waals surface area contributed by atoms with E-state index in [9.17, 15) is 9.18 Å². The molecule has 0 spiro atoms. The van der Waals surface area contributed by atoms with Crippen molar-refractivity contribution in [3.8, 4) is 0 Å². The number of rotatable bonds is 4. The molecule has 0 bridgehead atoms. The third-order valence-electron chi connectivity index (χ3n) is 6.66. The van der Waals surface area contributed by atoms with Gasteiger partial charge in [0, 0.05) is 18.6 Å². The van der Waals surface area contributed by atoms with Crippen LogP contribution in [0.15, 0.2) is 35.0 Å². The van der Waals surface area contributed by atoms with E-state index < -0.39 is 0 Å². The summed E-state index contributed by atoms with van der Waals surface area (Å²) in [4.78, 5) is 24.2. The molecule has 0 radical (unpaired) electrons. The van der Waals surface area contributed by atoms with E-state index in [0.717, 1.165) is 37.7 Å². The number of amides is 1. The normalized spacial score (nSPS) is 20.5. The highest BCUT2D eigenvalue weighted by Gasteiger charge is 2.39. The van der Waals surface area contributed by atoms with E-state index in [1.54, 1.807) is 0 Å². The van der Waals surface area contributed by atoms with Gasteiger partial charge in [0.2, 0.25) is 5.71 Å². The predicted molar refractivity (Wildman–Crippen MR) is 117 cm³/mol. The van der Waals surface area contributed by atoms with Gasteiger partial charge in [-0.2, -0.15) is 0 Å². The number of nitrogens with one attached hydrogen (secondary N) is 1. The highest BCUT2D eigenvalue weighted by Crippen LogP contribution is 2.40. The number of likely N-dealkylation sites (tertiary alicyclic amines) is 1. The van der Waals surface area contributed by atoms with Crippen molar-refractivity contribution < 1.29 is 13.6 Å². The summed E-state index contributed by atoms with van der Waals surface area (Å²) < 4.78 is 19.1. The van der Waals surface area contributed by atoms with E-state index in [1.165, 1.54) is 18.5 Å². The van der Waals surface area contributed by atoms with Crippen molar-refractivity contribution in [1.82, 2.24) is 14.9 Å². The first-order chi connectivity index (χ1) is 14.9. The van der Waals surface area contributed by atoms with Crippen LogP contribution < -0.4 is 5.32 Å². The number of nitrogens with zero attached hydrogens (tertiary/aromatic N) is 3. The Morgan fingerprint density at radius 2 is 1.97 bits per heavy atom. The van der Waals surface area contributed by atoms with Gasteiger partial charge in [-0.05, 0) is 69.6 Å². The van der Waals surface area contributed by atoms with E-state index in [1.807, 2.05) is 24.0 Å². The average Bonchev–Trinajstić information content (AvgIpc) is 3.44. The molecule has 6 nitrogen and oxygen atoms in total. The smallest absolute Gasteiger partial charge is 0.258 e. The molecular weight excluding hydrogens is 395 g/mol. The lowest BCUT2D eigenvalue weighted by Gasteiger charge is -2.21. The number of carbonyl (C=O) groups excluding carboxylic acids is 1. The van der Waals surface area contributed by atoms with Crippen molar-refractivity contribution in [3.63, 3.8) is 0 Å². The van der Waals surface area contributed by atoms with Crippen molar-refractivity contribution in [2.24, 2.45) is 0 Å². The Bertz CT molecular complexity index is 1120. The van der Waals surface area contributed by atoms with Crippen molar-refractivity contribution in [1.29, 1.82) is 0 Å². The summed E-state index contributed by atoms with van der Waals surface area (Å²) in [5, 5.41) is 4.16. The molecule has 1 aliphatic heterocycles. The van der Waals surface area contributed by atoms with E-state index in [4.69, 9.17) is 4.42 Å². The second-order valence-corrected chi connectivity index (χ2v) is 9.09. The lowest BCUT2D eigenvalue weighted by Crippen LogP contribution is -2.32. The van der Waals surface area contributed by atoms with Crippen molar-refractivity contribution in [2.45, 2.75) is 57.4 Å². The Labute approximate surface area is 180 Å². The topological polar surface area (TPSA) is 71.3 Å². The van der Waals surface area contributed by atoms with E-state index in [2.05, 4.69) is 22.2 Å². The number of benzene rings is 1. The van der Waals surface area contributed by atoms with Gasteiger partial charge in [0.25, 0.3) is 5.91 Å². The fourth-order valence-corrected chi connectivity index (χ4v) is 4.52. The molecule has 1 aromatic carbocycles. The summed E-state index contributed by atoms with van der Waals surface area (Å²) in [5.74, 6) is 1.32. The molecule has 1 aliphatic carbocycles. The fraction of sp³-hybridized carbons (Fsp3) is 0.458.